The Morgan fingerprint density at radius 3 is 2.46 bits per heavy atom. The van der Waals surface area contributed by atoms with Gasteiger partial charge in [0, 0.05) is 56.2 Å². The molecule has 4 aromatic rings. The summed E-state index contributed by atoms with van der Waals surface area (Å²) in [5.41, 5.74) is 1.62. The number of benzene rings is 2. The maximum Gasteiger partial charge on any atom is 0.407 e. The van der Waals surface area contributed by atoms with E-state index in [-0.39, 0.29) is 30.4 Å². The van der Waals surface area contributed by atoms with Crippen molar-refractivity contribution in [3.05, 3.63) is 70.8 Å². The summed E-state index contributed by atoms with van der Waals surface area (Å²) in [6.07, 6.45) is 1.22. The second kappa shape index (κ2) is 14.0. The lowest BCUT2D eigenvalue weighted by Crippen LogP contribution is -2.57. The van der Waals surface area contributed by atoms with Crippen molar-refractivity contribution in [1.82, 2.24) is 29.5 Å². The van der Waals surface area contributed by atoms with E-state index in [0.717, 1.165) is 5.56 Å². The molecular formula is C33H39F2N7O6. The van der Waals surface area contributed by atoms with Crippen LogP contribution in [0.2, 0.25) is 0 Å². The average molecular weight is 668 g/mol. The first kappa shape index (κ1) is 34.3. The van der Waals surface area contributed by atoms with E-state index in [9.17, 15) is 28.3 Å². The van der Waals surface area contributed by atoms with Crippen molar-refractivity contribution in [2.75, 3.05) is 31.1 Å². The maximum absolute atomic E-state index is 13.0. The summed E-state index contributed by atoms with van der Waals surface area (Å²) < 4.78 is 39.0. The predicted molar refractivity (Wildman–Crippen MR) is 174 cm³/mol. The molecule has 1 aliphatic heterocycles. The largest absolute Gasteiger partial charge is 0.444 e. The van der Waals surface area contributed by atoms with Gasteiger partial charge in [0.05, 0.1) is 24.0 Å². The summed E-state index contributed by atoms with van der Waals surface area (Å²) in [5, 5.41) is 13.3. The Morgan fingerprint density at radius 1 is 1.08 bits per heavy atom. The molecule has 2 aromatic carbocycles. The van der Waals surface area contributed by atoms with Gasteiger partial charge in [-0.05, 0) is 51.5 Å². The maximum atomic E-state index is 13.0. The van der Waals surface area contributed by atoms with Crippen LogP contribution in [-0.2, 0) is 23.1 Å². The quantitative estimate of drug-likeness (QED) is 0.275. The lowest BCUT2D eigenvalue weighted by molar-refractivity contribution is -0.142. The molecule has 1 saturated heterocycles. The number of para-hydroxylation sites is 1. The fraction of sp³-hybridized carbons (Fsp3) is 0.424. The number of piperazine rings is 1. The van der Waals surface area contributed by atoms with E-state index in [4.69, 9.17) is 9.47 Å². The Balaban J connectivity index is 1.27. The van der Waals surface area contributed by atoms with E-state index in [1.165, 1.54) is 10.7 Å². The Kier molecular flexibility index (Phi) is 9.98. The van der Waals surface area contributed by atoms with Crippen LogP contribution in [0.4, 0.5) is 19.5 Å². The topological polar surface area (TPSA) is 144 Å². The van der Waals surface area contributed by atoms with Crippen LogP contribution >= 0.6 is 0 Å². The molecule has 1 aliphatic rings. The highest BCUT2D eigenvalue weighted by molar-refractivity contribution is 5.84. The molecule has 2 aromatic heterocycles. The molecule has 48 heavy (non-hydrogen) atoms. The molecule has 3 heterocycles. The number of alkyl halides is 2. The zero-order valence-corrected chi connectivity index (χ0v) is 27.4. The van der Waals surface area contributed by atoms with Crippen LogP contribution in [0, 0.1) is 0 Å². The van der Waals surface area contributed by atoms with E-state index < -0.39 is 30.3 Å². The molecular weight excluding hydrogens is 628 g/mol. The Bertz CT molecular complexity index is 1840. The van der Waals surface area contributed by atoms with Gasteiger partial charge in [0.25, 0.3) is 11.5 Å². The molecule has 1 fully saturated rings. The summed E-state index contributed by atoms with van der Waals surface area (Å²) in [5.74, 6) is 0.0142. The number of carbonyl (C=O) groups excluding carboxylic acids is 2. The number of halogens is 2. The van der Waals surface area contributed by atoms with E-state index in [2.05, 4.69) is 15.3 Å². The van der Waals surface area contributed by atoms with Crippen LogP contribution in [-0.4, -0.2) is 91.9 Å². The standard InChI is InChI=1S/C33H39F2N7O6/c1-20-18-40(12-13-41(20)29(45)26(43)17-38-32(46)48-33(2,3)4)31-36-15-23(16-37-31)21-10-11-24-25(14-21)42(39(5)28(24)44)19-22-8-6-7-9-27(22)47-30(34)35/h6-11,14-16,20,26,30,43H,12-13,17-19H2,1-5H3,(H,38,46)/t20-,26?/m1/s1. The fourth-order valence-electron chi connectivity index (χ4n) is 5.62. The van der Waals surface area contributed by atoms with E-state index in [0.29, 0.717) is 47.6 Å². The number of fused-ring (bicyclic) bond motifs is 1. The number of aromatic nitrogens is 4. The minimum Gasteiger partial charge on any atom is -0.444 e. The molecule has 0 radical (unpaired) electrons. The van der Waals surface area contributed by atoms with Crippen LogP contribution < -0.4 is 20.5 Å². The first-order valence-corrected chi connectivity index (χ1v) is 15.5. The summed E-state index contributed by atoms with van der Waals surface area (Å²) >= 11 is 0. The number of aliphatic hydroxyl groups excluding tert-OH is 1. The van der Waals surface area contributed by atoms with Crippen LogP contribution in [0.1, 0.15) is 33.3 Å². The number of anilines is 1. The van der Waals surface area contributed by atoms with E-state index in [1.54, 1.807) is 80.1 Å². The third kappa shape index (κ3) is 7.73. The first-order chi connectivity index (χ1) is 22.7. The summed E-state index contributed by atoms with van der Waals surface area (Å²) in [7, 11) is 1.62. The average Bonchev–Trinajstić information content (AvgIpc) is 3.27. The summed E-state index contributed by atoms with van der Waals surface area (Å²) in [6, 6.07) is 11.5. The normalized spacial score (nSPS) is 15.9. The van der Waals surface area contributed by atoms with Crippen molar-refractivity contribution in [2.45, 2.75) is 58.6 Å². The monoisotopic (exact) mass is 667 g/mol. The van der Waals surface area contributed by atoms with Crippen LogP contribution in [0.3, 0.4) is 0 Å². The highest BCUT2D eigenvalue weighted by Gasteiger charge is 2.32. The molecule has 2 N–H and O–H groups in total. The van der Waals surface area contributed by atoms with E-state index in [1.807, 2.05) is 17.9 Å². The predicted octanol–water partition coefficient (Wildman–Crippen LogP) is 3.37. The first-order valence-electron chi connectivity index (χ1n) is 15.5. The van der Waals surface area contributed by atoms with Gasteiger partial charge >= 0.3 is 12.7 Å². The van der Waals surface area contributed by atoms with Crippen LogP contribution in [0.5, 0.6) is 5.75 Å². The van der Waals surface area contributed by atoms with Crippen molar-refractivity contribution < 1.29 is 33.0 Å². The van der Waals surface area contributed by atoms with Crippen molar-refractivity contribution in [1.29, 1.82) is 0 Å². The van der Waals surface area contributed by atoms with Gasteiger partial charge in [-0.2, -0.15) is 8.78 Å². The zero-order chi connectivity index (χ0) is 34.7. The Hall–Kier alpha value is -5.05. The molecule has 0 aliphatic carbocycles. The lowest BCUT2D eigenvalue weighted by atomic mass is 10.1. The smallest absolute Gasteiger partial charge is 0.407 e. The van der Waals surface area contributed by atoms with Gasteiger partial charge in [0.1, 0.15) is 17.5 Å². The highest BCUT2D eigenvalue weighted by Crippen LogP contribution is 2.27. The SMILES string of the molecule is C[C@@H]1CN(c2ncc(-c3ccc4c(=O)n(C)n(Cc5ccccc5OC(F)F)c4c3)cn2)CCN1C(=O)C(O)CNC(=O)OC(C)(C)C. The van der Waals surface area contributed by atoms with Gasteiger partial charge in [-0.15, -0.1) is 0 Å². The molecule has 2 amide bonds. The number of nitrogens with one attached hydrogen (secondary N) is 1. The van der Waals surface area contributed by atoms with Gasteiger partial charge in [-0.1, -0.05) is 24.3 Å². The third-order valence-electron chi connectivity index (χ3n) is 7.96. The van der Waals surface area contributed by atoms with Gasteiger partial charge in [-0.3, -0.25) is 19.0 Å². The second-order valence-electron chi connectivity index (χ2n) is 12.6. The lowest BCUT2D eigenvalue weighted by Gasteiger charge is -2.40. The van der Waals surface area contributed by atoms with Crippen molar-refractivity contribution in [2.24, 2.45) is 7.05 Å². The number of amides is 2. The minimum atomic E-state index is -2.98. The number of aliphatic hydroxyl groups is 1. The molecule has 5 rings (SSSR count). The third-order valence-corrected chi connectivity index (χ3v) is 7.96. The van der Waals surface area contributed by atoms with Crippen molar-refractivity contribution in [3.63, 3.8) is 0 Å². The number of carbonyl (C=O) groups is 2. The van der Waals surface area contributed by atoms with Crippen molar-refractivity contribution in [3.8, 4) is 16.9 Å². The number of hydrogen-bond donors (Lipinski definition) is 2. The Morgan fingerprint density at radius 2 is 1.79 bits per heavy atom. The molecule has 1 unspecified atom stereocenters. The number of ether oxygens (including phenoxy) is 2. The minimum absolute atomic E-state index is 0.0350. The van der Waals surface area contributed by atoms with Crippen molar-refractivity contribution >= 4 is 28.9 Å². The highest BCUT2D eigenvalue weighted by atomic mass is 19.3. The van der Waals surface area contributed by atoms with Crippen LogP contribution in [0.25, 0.3) is 22.0 Å². The fourth-order valence-corrected chi connectivity index (χ4v) is 5.62. The Labute approximate surface area is 275 Å². The number of nitrogens with zero attached hydrogens (tertiary/aromatic N) is 6. The summed E-state index contributed by atoms with van der Waals surface area (Å²) in [6.45, 7) is 5.08. The van der Waals surface area contributed by atoms with E-state index >= 15 is 0 Å². The second-order valence-corrected chi connectivity index (χ2v) is 12.6. The molecule has 0 bridgehead atoms. The van der Waals surface area contributed by atoms with Gasteiger partial charge in [-0.25, -0.2) is 14.8 Å². The molecule has 2 atom stereocenters. The molecule has 15 heteroatoms. The number of rotatable bonds is 9. The molecule has 0 spiro atoms. The number of alkyl carbamates (subject to hydrolysis) is 1. The summed E-state index contributed by atoms with van der Waals surface area (Å²) in [4.78, 5) is 50.5. The number of hydrogen-bond acceptors (Lipinski definition) is 9. The molecule has 0 saturated carbocycles. The van der Waals surface area contributed by atoms with Crippen LogP contribution in [0.15, 0.2) is 59.7 Å². The van der Waals surface area contributed by atoms with Gasteiger partial charge in [0.2, 0.25) is 5.95 Å². The molecule has 13 nitrogen and oxygen atoms in total. The van der Waals surface area contributed by atoms with Gasteiger partial charge < -0.3 is 29.7 Å². The van der Waals surface area contributed by atoms with Gasteiger partial charge in [0.15, 0.2) is 0 Å². The molecule has 256 valence electrons. The zero-order valence-electron chi connectivity index (χ0n) is 27.4.